The number of hydrogen-bond donors (Lipinski definition) is 1. The van der Waals surface area contributed by atoms with Gasteiger partial charge in [0.05, 0.1) is 5.69 Å². The van der Waals surface area contributed by atoms with Crippen LogP contribution in [0.15, 0.2) is 18.5 Å². The number of pyridine rings is 1. The SMILES string of the molecule is CNc1nc(C)nc(-c2cncc(C)c2)c1C. The molecule has 88 valence electrons. The van der Waals surface area contributed by atoms with Crippen molar-refractivity contribution in [3.63, 3.8) is 0 Å². The van der Waals surface area contributed by atoms with Crippen LogP contribution >= 0.6 is 0 Å². The lowest BCUT2D eigenvalue weighted by Crippen LogP contribution is -2.02. The van der Waals surface area contributed by atoms with Crippen LogP contribution in [0.4, 0.5) is 5.82 Å². The Bertz CT molecular complexity index is 549. The van der Waals surface area contributed by atoms with E-state index in [0.29, 0.717) is 0 Å². The third-order valence-corrected chi connectivity index (χ3v) is 2.64. The molecule has 0 aromatic carbocycles. The Morgan fingerprint density at radius 1 is 1.06 bits per heavy atom. The van der Waals surface area contributed by atoms with Gasteiger partial charge in [0.2, 0.25) is 0 Å². The lowest BCUT2D eigenvalue weighted by Gasteiger charge is -2.10. The first kappa shape index (κ1) is 11.5. The minimum atomic E-state index is 0.761. The molecule has 0 radical (unpaired) electrons. The molecule has 0 aliphatic heterocycles. The standard InChI is InChI=1S/C13H16N4/c1-8-5-11(7-15-6-8)12-9(2)13(14-4)17-10(3)16-12/h5-7H,1-4H3,(H,14,16,17). The highest BCUT2D eigenvalue weighted by Crippen LogP contribution is 2.25. The number of rotatable bonds is 2. The Morgan fingerprint density at radius 2 is 1.82 bits per heavy atom. The zero-order valence-electron chi connectivity index (χ0n) is 10.6. The van der Waals surface area contributed by atoms with Crippen LogP contribution in [0.5, 0.6) is 0 Å². The maximum atomic E-state index is 4.50. The smallest absolute Gasteiger partial charge is 0.132 e. The van der Waals surface area contributed by atoms with Gasteiger partial charge in [0.1, 0.15) is 11.6 Å². The molecule has 0 atom stereocenters. The summed E-state index contributed by atoms with van der Waals surface area (Å²) in [6.45, 7) is 5.94. The highest BCUT2D eigenvalue weighted by molar-refractivity contribution is 5.67. The first-order chi connectivity index (χ1) is 8.11. The van der Waals surface area contributed by atoms with E-state index >= 15 is 0 Å². The van der Waals surface area contributed by atoms with Crippen LogP contribution in [0.1, 0.15) is 17.0 Å². The minimum absolute atomic E-state index is 0.761. The maximum Gasteiger partial charge on any atom is 0.132 e. The summed E-state index contributed by atoms with van der Waals surface area (Å²) in [5, 5.41) is 3.09. The Hall–Kier alpha value is -1.97. The summed E-state index contributed by atoms with van der Waals surface area (Å²) in [7, 11) is 1.87. The molecule has 0 fully saturated rings. The van der Waals surface area contributed by atoms with E-state index in [0.717, 1.165) is 34.0 Å². The van der Waals surface area contributed by atoms with Crippen molar-refractivity contribution in [1.82, 2.24) is 15.0 Å². The van der Waals surface area contributed by atoms with Crippen molar-refractivity contribution in [3.8, 4) is 11.3 Å². The van der Waals surface area contributed by atoms with Gasteiger partial charge in [-0.1, -0.05) is 0 Å². The molecule has 0 aliphatic carbocycles. The van der Waals surface area contributed by atoms with E-state index in [-0.39, 0.29) is 0 Å². The van der Waals surface area contributed by atoms with Gasteiger partial charge >= 0.3 is 0 Å². The lowest BCUT2D eigenvalue weighted by atomic mass is 10.1. The third-order valence-electron chi connectivity index (χ3n) is 2.64. The van der Waals surface area contributed by atoms with E-state index in [9.17, 15) is 0 Å². The van der Waals surface area contributed by atoms with Gasteiger partial charge in [0, 0.05) is 30.6 Å². The number of aryl methyl sites for hydroxylation is 2. The molecule has 0 saturated heterocycles. The molecule has 1 N–H and O–H groups in total. The van der Waals surface area contributed by atoms with Gasteiger partial charge in [-0.3, -0.25) is 4.98 Å². The molecular formula is C13H16N4. The van der Waals surface area contributed by atoms with Crippen molar-refractivity contribution in [3.05, 3.63) is 35.4 Å². The van der Waals surface area contributed by atoms with Crippen LogP contribution in [-0.2, 0) is 0 Å². The topological polar surface area (TPSA) is 50.7 Å². The van der Waals surface area contributed by atoms with Crippen LogP contribution in [0.25, 0.3) is 11.3 Å². The third kappa shape index (κ3) is 2.25. The minimum Gasteiger partial charge on any atom is -0.373 e. The Labute approximate surface area is 101 Å². The van der Waals surface area contributed by atoms with Crippen molar-refractivity contribution in [2.45, 2.75) is 20.8 Å². The fraction of sp³-hybridized carbons (Fsp3) is 0.308. The molecule has 0 spiro atoms. The molecule has 0 bridgehead atoms. The fourth-order valence-electron chi connectivity index (χ4n) is 1.84. The van der Waals surface area contributed by atoms with Gasteiger partial charge in [-0.25, -0.2) is 9.97 Å². The molecule has 2 rings (SSSR count). The predicted molar refractivity (Wildman–Crippen MR) is 69.0 cm³/mol. The summed E-state index contributed by atoms with van der Waals surface area (Å²) in [5.41, 5.74) is 4.15. The van der Waals surface area contributed by atoms with Crippen LogP contribution in [0.2, 0.25) is 0 Å². The largest absolute Gasteiger partial charge is 0.373 e. The fourth-order valence-corrected chi connectivity index (χ4v) is 1.84. The van der Waals surface area contributed by atoms with E-state index in [1.165, 1.54) is 0 Å². The zero-order valence-corrected chi connectivity index (χ0v) is 10.6. The Morgan fingerprint density at radius 3 is 2.47 bits per heavy atom. The summed E-state index contributed by atoms with van der Waals surface area (Å²) in [5.74, 6) is 1.63. The molecule has 4 heteroatoms. The maximum absolute atomic E-state index is 4.50. The van der Waals surface area contributed by atoms with Crippen LogP contribution in [-0.4, -0.2) is 22.0 Å². The highest BCUT2D eigenvalue weighted by atomic mass is 15.0. The first-order valence-electron chi connectivity index (χ1n) is 5.57. The molecule has 2 aromatic rings. The highest BCUT2D eigenvalue weighted by Gasteiger charge is 2.10. The first-order valence-corrected chi connectivity index (χ1v) is 5.57. The van der Waals surface area contributed by atoms with E-state index in [2.05, 4.69) is 26.3 Å². The molecule has 17 heavy (non-hydrogen) atoms. The second-order valence-corrected chi connectivity index (χ2v) is 4.09. The number of hydrogen-bond acceptors (Lipinski definition) is 4. The van der Waals surface area contributed by atoms with Gasteiger partial charge in [0.25, 0.3) is 0 Å². The molecule has 2 aromatic heterocycles. The van der Waals surface area contributed by atoms with Crippen LogP contribution < -0.4 is 5.32 Å². The van der Waals surface area contributed by atoms with Crippen molar-refractivity contribution in [2.24, 2.45) is 0 Å². The second-order valence-electron chi connectivity index (χ2n) is 4.09. The Kier molecular flexibility index (Phi) is 3.04. The summed E-state index contributed by atoms with van der Waals surface area (Å²) in [6.07, 6.45) is 3.67. The summed E-state index contributed by atoms with van der Waals surface area (Å²) >= 11 is 0. The monoisotopic (exact) mass is 228 g/mol. The van der Waals surface area contributed by atoms with E-state index in [1.807, 2.05) is 40.2 Å². The van der Waals surface area contributed by atoms with Crippen LogP contribution in [0.3, 0.4) is 0 Å². The predicted octanol–water partition coefficient (Wildman–Crippen LogP) is 2.51. The van der Waals surface area contributed by atoms with Crippen molar-refractivity contribution >= 4 is 5.82 Å². The zero-order chi connectivity index (χ0) is 12.4. The number of nitrogens with one attached hydrogen (secondary N) is 1. The Balaban J connectivity index is 2.63. The van der Waals surface area contributed by atoms with Gasteiger partial charge in [0.15, 0.2) is 0 Å². The van der Waals surface area contributed by atoms with E-state index < -0.39 is 0 Å². The summed E-state index contributed by atoms with van der Waals surface area (Å²) in [6, 6.07) is 2.08. The normalized spacial score (nSPS) is 10.4. The van der Waals surface area contributed by atoms with Gasteiger partial charge in [-0.15, -0.1) is 0 Å². The van der Waals surface area contributed by atoms with E-state index in [1.54, 1.807) is 0 Å². The second kappa shape index (κ2) is 4.49. The van der Waals surface area contributed by atoms with E-state index in [4.69, 9.17) is 0 Å². The van der Waals surface area contributed by atoms with Gasteiger partial charge in [-0.2, -0.15) is 0 Å². The number of nitrogens with zero attached hydrogens (tertiary/aromatic N) is 3. The summed E-state index contributed by atoms with van der Waals surface area (Å²) < 4.78 is 0. The van der Waals surface area contributed by atoms with Crippen LogP contribution in [0, 0.1) is 20.8 Å². The average molecular weight is 228 g/mol. The van der Waals surface area contributed by atoms with Gasteiger partial charge < -0.3 is 5.32 Å². The number of anilines is 1. The lowest BCUT2D eigenvalue weighted by molar-refractivity contribution is 1.03. The molecule has 0 aliphatic rings. The van der Waals surface area contributed by atoms with Gasteiger partial charge in [-0.05, 0) is 32.4 Å². The molecule has 0 amide bonds. The van der Waals surface area contributed by atoms with Crippen molar-refractivity contribution < 1.29 is 0 Å². The molecule has 0 saturated carbocycles. The molecule has 4 nitrogen and oxygen atoms in total. The number of aromatic nitrogens is 3. The van der Waals surface area contributed by atoms with Crippen molar-refractivity contribution in [2.75, 3.05) is 12.4 Å². The average Bonchev–Trinajstić information content (AvgIpc) is 2.31. The summed E-state index contributed by atoms with van der Waals surface area (Å²) in [4.78, 5) is 13.1. The van der Waals surface area contributed by atoms with Crippen molar-refractivity contribution in [1.29, 1.82) is 0 Å². The molecule has 2 heterocycles. The molecular weight excluding hydrogens is 212 g/mol. The molecule has 0 unspecified atom stereocenters. The quantitative estimate of drug-likeness (QED) is 0.858.